The minimum absolute atomic E-state index is 0.592. The second kappa shape index (κ2) is 5.69. The third-order valence-corrected chi connectivity index (χ3v) is 3.62. The summed E-state index contributed by atoms with van der Waals surface area (Å²) in [4.78, 5) is 4.41. The zero-order chi connectivity index (χ0) is 13.9. The van der Waals surface area contributed by atoms with E-state index in [4.69, 9.17) is 9.47 Å². The Morgan fingerprint density at radius 1 is 0.900 bits per heavy atom. The third-order valence-electron chi connectivity index (χ3n) is 3.62. The highest BCUT2D eigenvalue weighted by molar-refractivity contribution is 5.53. The average Bonchev–Trinajstić information content (AvgIpc) is 2.47. The molecular weight excluding hydrogens is 252 g/mol. The molecule has 4 heteroatoms. The molecule has 0 bridgehead atoms. The molecule has 0 saturated heterocycles. The van der Waals surface area contributed by atoms with Crippen LogP contribution in [-0.2, 0) is 13.1 Å². The molecule has 0 saturated carbocycles. The number of hydrogen-bond acceptors (Lipinski definition) is 4. The lowest BCUT2D eigenvalue weighted by Crippen LogP contribution is -2.35. The Labute approximate surface area is 119 Å². The number of ether oxygens (including phenoxy) is 2. The van der Waals surface area contributed by atoms with Gasteiger partial charge in [-0.05, 0) is 0 Å². The Kier molecular flexibility index (Phi) is 3.76. The van der Waals surface area contributed by atoms with Crippen molar-refractivity contribution in [3.05, 3.63) is 48.6 Å². The second-order valence-electron chi connectivity index (χ2n) is 5.19. The molecule has 4 nitrogen and oxygen atoms in total. The van der Waals surface area contributed by atoms with E-state index in [1.165, 1.54) is 11.1 Å². The summed E-state index contributed by atoms with van der Waals surface area (Å²) >= 11 is 0. The van der Waals surface area contributed by atoms with Crippen LogP contribution >= 0.6 is 0 Å². The van der Waals surface area contributed by atoms with E-state index in [1.54, 1.807) is 0 Å². The van der Waals surface area contributed by atoms with Gasteiger partial charge in [-0.3, -0.25) is 9.80 Å². The number of fused-ring (bicyclic) bond motifs is 3. The van der Waals surface area contributed by atoms with Crippen LogP contribution in [0, 0.1) is 0 Å². The highest BCUT2D eigenvalue weighted by Crippen LogP contribution is 2.40. The van der Waals surface area contributed by atoms with Crippen LogP contribution in [0.1, 0.15) is 11.1 Å². The quantitative estimate of drug-likeness (QED) is 0.786. The van der Waals surface area contributed by atoms with Crippen LogP contribution in [0.5, 0.6) is 11.5 Å². The molecule has 0 N–H and O–H groups in total. The Morgan fingerprint density at radius 2 is 1.35 bits per heavy atom. The zero-order valence-electron chi connectivity index (χ0n) is 11.7. The Hall–Kier alpha value is -1.78. The summed E-state index contributed by atoms with van der Waals surface area (Å²) in [5.41, 5.74) is 2.38. The van der Waals surface area contributed by atoms with E-state index in [0.717, 1.165) is 37.7 Å². The first-order valence-electron chi connectivity index (χ1n) is 6.88. The lowest BCUT2D eigenvalue weighted by atomic mass is 10.1. The molecule has 0 atom stereocenters. The molecule has 0 aromatic heterocycles. The molecule has 1 aromatic carbocycles. The van der Waals surface area contributed by atoms with Crippen LogP contribution in [0.2, 0.25) is 0 Å². The molecule has 0 fully saturated rings. The van der Waals surface area contributed by atoms with Gasteiger partial charge in [-0.25, -0.2) is 0 Å². The highest BCUT2D eigenvalue weighted by atomic mass is 16.5. The molecule has 2 heterocycles. The fraction of sp³-hybridized carbons (Fsp3) is 0.375. The maximum Gasteiger partial charge on any atom is 0.168 e. The summed E-state index contributed by atoms with van der Waals surface area (Å²) in [5, 5.41) is 0. The maximum atomic E-state index is 5.90. The molecule has 2 aliphatic rings. The summed E-state index contributed by atoms with van der Waals surface area (Å²) in [6.07, 6.45) is 3.80. The van der Waals surface area contributed by atoms with Crippen LogP contribution in [0.25, 0.3) is 0 Å². The maximum absolute atomic E-state index is 5.90. The van der Waals surface area contributed by atoms with E-state index < -0.39 is 0 Å². The molecule has 2 aliphatic heterocycles. The molecule has 0 spiro atoms. The Balaban J connectivity index is 1.83. The average molecular weight is 272 g/mol. The van der Waals surface area contributed by atoms with Gasteiger partial charge in [0.15, 0.2) is 11.5 Å². The van der Waals surface area contributed by atoms with Crippen molar-refractivity contribution < 1.29 is 9.47 Å². The first-order chi connectivity index (χ1) is 9.81. The number of nitrogens with zero attached hydrogens (tertiary/aromatic N) is 2. The fourth-order valence-corrected chi connectivity index (χ4v) is 2.69. The van der Waals surface area contributed by atoms with Crippen LogP contribution < -0.4 is 9.47 Å². The van der Waals surface area contributed by atoms with Gasteiger partial charge in [0.25, 0.3) is 0 Å². The van der Waals surface area contributed by atoms with E-state index >= 15 is 0 Å². The van der Waals surface area contributed by atoms with E-state index in [0.29, 0.717) is 13.5 Å². The minimum Gasteiger partial charge on any atom is -0.474 e. The zero-order valence-corrected chi connectivity index (χ0v) is 11.7. The van der Waals surface area contributed by atoms with Gasteiger partial charge in [-0.15, -0.1) is 13.2 Å². The van der Waals surface area contributed by atoms with E-state index in [2.05, 4.69) is 35.1 Å². The van der Waals surface area contributed by atoms with Gasteiger partial charge in [-0.1, -0.05) is 24.3 Å². The first-order valence-corrected chi connectivity index (χ1v) is 6.88. The molecule has 0 radical (unpaired) electrons. The standard InChI is InChI=1S/C16H20N2O2/c1-3-7-17-9-13-5-6-14-10-18(8-4-2)12-20-16(14)15(13)19-11-17/h3-6H,1-2,7-12H2. The molecule has 0 aliphatic carbocycles. The van der Waals surface area contributed by atoms with Gasteiger partial charge in [-0.2, -0.15) is 0 Å². The molecule has 1 aromatic rings. The van der Waals surface area contributed by atoms with E-state index in [-0.39, 0.29) is 0 Å². The van der Waals surface area contributed by atoms with Gasteiger partial charge >= 0.3 is 0 Å². The summed E-state index contributed by atoms with van der Waals surface area (Å²) in [6, 6.07) is 4.29. The van der Waals surface area contributed by atoms with Crippen molar-refractivity contribution in [2.24, 2.45) is 0 Å². The number of rotatable bonds is 4. The lowest BCUT2D eigenvalue weighted by molar-refractivity contribution is 0.0780. The van der Waals surface area contributed by atoms with Gasteiger partial charge in [0.1, 0.15) is 13.5 Å². The largest absolute Gasteiger partial charge is 0.474 e. The van der Waals surface area contributed by atoms with E-state index in [9.17, 15) is 0 Å². The Morgan fingerprint density at radius 3 is 1.75 bits per heavy atom. The molecule has 3 rings (SSSR count). The first kappa shape index (κ1) is 13.2. The van der Waals surface area contributed by atoms with Crippen LogP contribution in [0.4, 0.5) is 0 Å². The predicted octanol–water partition coefficient (Wildman–Crippen LogP) is 2.36. The monoisotopic (exact) mass is 272 g/mol. The molecule has 0 unspecified atom stereocenters. The molecule has 106 valence electrons. The highest BCUT2D eigenvalue weighted by Gasteiger charge is 2.26. The second-order valence-corrected chi connectivity index (χ2v) is 5.19. The van der Waals surface area contributed by atoms with Crippen LogP contribution in [0.3, 0.4) is 0 Å². The van der Waals surface area contributed by atoms with Crippen molar-refractivity contribution in [2.75, 3.05) is 26.6 Å². The minimum atomic E-state index is 0.592. The molecule has 0 amide bonds. The summed E-state index contributed by atoms with van der Waals surface area (Å²) in [5.74, 6) is 1.84. The molecule has 20 heavy (non-hydrogen) atoms. The van der Waals surface area contributed by atoms with E-state index in [1.807, 2.05) is 12.2 Å². The van der Waals surface area contributed by atoms with Crippen LogP contribution in [-0.4, -0.2) is 36.4 Å². The topological polar surface area (TPSA) is 24.9 Å². The smallest absolute Gasteiger partial charge is 0.168 e. The Bertz CT molecular complexity index is 480. The summed E-state index contributed by atoms with van der Waals surface area (Å²) in [6.45, 7) is 12.2. The van der Waals surface area contributed by atoms with Crippen molar-refractivity contribution >= 4 is 0 Å². The third kappa shape index (κ3) is 2.44. The van der Waals surface area contributed by atoms with Crippen LogP contribution in [0.15, 0.2) is 37.4 Å². The summed E-state index contributed by atoms with van der Waals surface area (Å²) in [7, 11) is 0. The van der Waals surface area contributed by atoms with Crippen molar-refractivity contribution in [3.63, 3.8) is 0 Å². The van der Waals surface area contributed by atoms with Gasteiger partial charge in [0.2, 0.25) is 0 Å². The number of hydrogen-bond donors (Lipinski definition) is 0. The normalized spacial score (nSPS) is 18.4. The molecular formula is C16H20N2O2. The van der Waals surface area contributed by atoms with Gasteiger partial charge < -0.3 is 9.47 Å². The van der Waals surface area contributed by atoms with Gasteiger partial charge in [0.05, 0.1) is 0 Å². The van der Waals surface area contributed by atoms with Crippen molar-refractivity contribution in [3.8, 4) is 11.5 Å². The van der Waals surface area contributed by atoms with Gasteiger partial charge in [0, 0.05) is 37.3 Å². The summed E-state index contributed by atoms with van der Waals surface area (Å²) < 4.78 is 11.8. The lowest BCUT2D eigenvalue weighted by Gasteiger charge is -2.33. The predicted molar refractivity (Wildman–Crippen MR) is 78.6 cm³/mol. The SMILES string of the molecule is C=CCN1COc2c(ccc3c2OCN(CC=C)C3)C1. The van der Waals surface area contributed by atoms with Crippen molar-refractivity contribution in [1.82, 2.24) is 9.80 Å². The number of benzene rings is 1. The van der Waals surface area contributed by atoms with Crippen molar-refractivity contribution in [1.29, 1.82) is 0 Å². The fourth-order valence-electron chi connectivity index (χ4n) is 2.69. The van der Waals surface area contributed by atoms with Crippen molar-refractivity contribution in [2.45, 2.75) is 13.1 Å².